The van der Waals surface area contributed by atoms with E-state index in [1.54, 1.807) is 11.3 Å². The lowest BCUT2D eigenvalue weighted by molar-refractivity contribution is 0.669. The van der Waals surface area contributed by atoms with Crippen LogP contribution >= 0.6 is 11.3 Å². The van der Waals surface area contributed by atoms with Crippen LogP contribution in [0.15, 0.2) is 192 Å². The van der Waals surface area contributed by atoms with Gasteiger partial charge < -0.3 is 4.42 Å². The molecule has 262 valence electrons. The van der Waals surface area contributed by atoms with Gasteiger partial charge in [-0.2, -0.15) is 0 Å². The molecule has 0 aliphatic carbocycles. The first-order valence-corrected chi connectivity index (χ1v) is 19.0. The molecule has 8 aromatic carbocycles. The second-order valence-electron chi connectivity index (χ2n) is 13.5. The van der Waals surface area contributed by atoms with Gasteiger partial charge in [0.2, 0.25) is 0 Å². The van der Waals surface area contributed by atoms with Crippen molar-refractivity contribution in [1.29, 1.82) is 0 Å². The van der Waals surface area contributed by atoms with Crippen molar-refractivity contribution in [1.82, 2.24) is 15.0 Å². The third kappa shape index (κ3) is 5.65. The van der Waals surface area contributed by atoms with E-state index in [-0.39, 0.29) is 75.1 Å². The van der Waals surface area contributed by atoms with Crippen molar-refractivity contribution in [2.45, 2.75) is 0 Å². The van der Waals surface area contributed by atoms with Gasteiger partial charge in [-0.25, -0.2) is 15.0 Å². The minimum atomic E-state index is -0.332. The highest BCUT2D eigenvalue weighted by Crippen LogP contribution is 2.40. The normalized spacial score (nSPS) is 13.1. The number of thiophene rings is 1. The second kappa shape index (κ2) is 13.3. The molecule has 0 bridgehead atoms. The Bertz CT molecular complexity index is 3570. The lowest BCUT2D eigenvalue weighted by Gasteiger charge is -2.10. The van der Waals surface area contributed by atoms with Gasteiger partial charge in [-0.05, 0) is 69.7 Å². The number of hydrogen-bond acceptors (Lipinski definition) is 5. The van der Waals surface area contributed by atoms with Crippen LogP contribution in [0.1, 0.15) is 8.22 Å². The average molecular weight is 740 g/mol. The van der Waals surface area contributed by atoms with Crippen LogP contribution in [0.3, 0.4) is 0 Å². The van der Waals surface area contributed by atoms with Crippen LogP contribution in [0, 0.1) is 0 Å². The summed E-state index contributed by atoms with van der Waals surface area (Å²) in [6.45, 7) is 0. The number of nitrogens with zero attached hydrogens (tertiary/aromatic N) is 3. The summed E-state index contributed by atoms with van der Waals surface area (Å²) in [5.41, 5.74) is 6.03. The van der Waals surface area contributed by atoms with E-state index in [0.717, 1.165) is 48.0 Å². The highest BCUT2D eigenvalue weighted by molar-refractivity contribution is 7.25. The quantitative estimate of drug-likeness (QED) is 0.170. The molecule has 3 heterocycles. The fourth-order valence-electron chi connectivity index (χ4n) is 7.25. The van der Waals surface area contributed by atoms with E-state index in [1.807, 2.05) is 133 Å². The number of fused-ring (bicyclic) bond motifs is 6. The van der Waals surface area contributed by atoms with Gasteiger partial charge in [0.05, 0.1) is 8.22 Å². The molecular weight excluding hydrogens is 703 g/mol. The molecule has 0 atom stereocenters. The maximum atomic E-state index is 9.59. The summed E-state index contributed by atoms with van der Waals surface area (Å²) < 4.78 is 64.3. The topological polar surface area (TPSA) is 51.8 Å². The summed E-state index contributed by atoms with van der Waals surface area (Å²) in [6, 6.07) is 47.9. The molecule has 4 nitrogen and oxygen atoms in total. The largest absolute Gasteiger partial charge is 0.456 e. The maximum Gasteiger partial charge on any atom is 0.164 e. The standard InChI is InChI=1S/C51H31N3OS/c1-3-10-32(11-4-1)34-18-20-36(21-19-34)38-27-29-44-43(30-38)40-28-26-39(31-45(40)55-44)50-52-49(37-24-22-35(23-25-37)33-12-5-2-6-13-33)53-51(54-50)42-15-9-17-47-48(42)41-14-7-8-16-46(41)56-47/h1-31H/i26D,27D,28D,29D,30D,31D. The molecule has 0 unspecified atom stereocenters. The predicted molar refractivity (Wildman–Crippen MR) is 233 cm³/mol. The molecule has 3 aromatic heterocycles. The predicted octanol–water partition coefficient (Wildman–Crippen LogP) is 14.1. The molecule has 0 saturated carbocycles. The Kier molecular flexibility index (Phi) is 6.29. The first-order valence-electron chi connectivity index (χ1n) is 21.2. The first kappa shape index (κ1) is 26.5. The fraction of sp³-hybridized carbons (Fsp3) is 0. The number of furan rings is 1. The molecular formula is C51H31N3OS. The lowest BCUT2D eigenvalue weighted by atomic mass is 9.99. The first-order chi connectivity index (χ1) is 30.2. The highest BCUT2D eigenvalue weighted by atomic mass is 32.1. The molecule has 0 radical (unpaired) electrons. The molecule has 11 rings (SSSR count). The Balaban J connectivity index is 1.12. The van der Waals surface area contributed by atoms with Crippen molar-refractivity contribution >= 4 is 53.4 Å². The molecule has 56 heavy (non-hydrogen) atoms. The van der Waals surface area contributed by atoms with E-state index >= 15 is 0 Å². The summed E-state index contributed by atoms with van der Waals surface area (Å²) in [6.07, 6.45) is 0. The van der Waals surface area contributed by atoms with Crippen LogP contribution in [0.5, 0.6) is 0 Å². The van der Waals surface area contributed by atoms with Crippen molar-refractivity contribution in [3.8, 4) is 67.5 Å². The van der Waals surface area contributed by atoms with E-state index in [4.69, 9.17) is 22.1 Å². The average Bonchev–Trinajstić information content (AvgIpc) is 3.92. The van der Waals surface area contributed by atoms with Crippen LogP contribution in [0.2, 0.25) is 0 Å². The molecule has 11 aromatic rings. The summed E-state index contributed by atoms with van der Waals surface area (Å²) in [4.78, 5) is 14.9. The molecule has 0 spiro atoms. The Labute approximate surface area is 335 Å². The summed E-state index contributed by atoms with van der Waals surface area (Å²) in [5, 5.41) is 2.19. The SMILES string of the molecule is [2H]c1c(-c2ccc(-c3ccccc3)cc2)c([2H])c2c(oc3c([2H])c(-c4nc(-c5ccc(-c6ccccc6)cc5)nc(-c5cccc6sc7ccccc7c56)n4)c([2H])c([2H])c32)c1[2H]. The zero-order valence-corrected chi connectivity index (χ0v) is 30.4. The monoisotopic (exact) mass is 739 g/mol. The molecule has 0 amide bonds. The van der Waals surface area contributed by atoms with E-state index in [0.29, 0.717) is 22.8 Å². The zero-order valence-electron chi connectivity index (χ0n) is 35.6. The van der Waals surface area contributed by atoms with Crippen molar-refractivity contribution in [3.63, 3.8) is 0 Å². The van der Waals surface area contributed by atoms with E-state index in [2.05, 4.69) is 18.2 Å². The fourth-order valence-corrected chi connectivity index (χ4v) is 8.38. The maximum absolute atomic E-state index is 9.59. The zero-order chi connectivity index (χ0) is 42.2. The van der Waals surface area contributed by atoms with Crippen LogP contribution in [-0.4, -0.2) is 15.0 Å². The van der Waals surface area contributed by atoms with Gasteiger partial charge in [-0.15, -0.1) is 11.3 Å². The van der Waals surface area contributed by atoms with Gasteiger partial charge in [0.15, 0.2) is 17.5 Å². The highest BCUT2D eigenvalue weighted by Gasteiger charge is 2.18. The van der Waals surface area contributed by atoms with Crippen LogP contribution in [-0.2, 0) is 0 Å². The molecule has 0 aliphatic rings. The van der Waals surface area contributed by atoms with Crippen molar-refractivity contribution in [2.24, 2.45) is 0 Å². The van der Waals surface area contributed by atoms with Crippen LogP contribution in [0.4, 0.5) is 0 Å². The van der Waals surface area contributed by atoms with E-state index in [9.17, 15) is 5.48 Å². The van der Waals surface area contributed by atoms with Gasteiger partial charge in [0, 0.05) is 47.6 Å². The van der Waals surface area contributed by atoms with Gasteiger partial charge in [-0.1, -0.05) is 152 Å². The minimum absolute atomic E-state index is 0.0112. The smallest absolute Gasteiger partial charge is 0.164 e. The molecule has 0 aliphatic heterocycles. The van der Waals surface area contributed by atoms with Gasteiger partial charge in [0.25, 0.3) is 0 Å². The Morgan fingerprint density at radius 3 is 1.64 bits per heavy atom. The second-order valence-corrected chi connectivity index (χ2v) is 14.6. The number of hydrogen-bond donors (Lipinski definition) is 0. The van der Waals surface area contributed by atoms with E-state index in [1.165, 1.54) is 0 Å². The van der Waals surface area contributed by atoms with Crippen molar-refractivity contribution < 1.29 is 12.6 Å². The van der Waals surface area contributed by atoms with Crippen LogP contribution < -0.4 is 0 Å². The Morgan fingerprint density at radius 1 is 0.375 bits per heavy atom. The molecule has 5 heteroatoms. The van der Waals surface area contributed by atoms with E-state index < -0.39 is 0 Å². The minimum Gasteiger partial charge on any atom is -0.456 e. The summed E-state index contributed by atoms with van der Waals surface area (Å²) in [7, 11) is 0. The summed E-state index contributed by atoms with van der Waals surface area (Å²) in [5.74, 6) is 0.668. The molecule has 0 fully saturated rings. The third-order valence-corrected chi connectivity index (χ3v) is 11.2. The van der Waals surface area contributed by atoms with Gasteiger partial charge in [0.1, 0.15) is 11.2 Å². The third-order valence-electron chi connectivity index (χ3n) is 10.0. The number of rotatable bonds is 6. The molecule has 0 saturated heterocycles. The van der Waals surface area contributed by atoms with Crippen molar-refractivity contribution in [3.05, 3.63) is 188 Å². The number of aromatic nitrogens is 3. The van der Waals surface area contributed by atoms with Gasteiger partial charge >= 0.3 is 0 Å². The summed E-state index contributed by atoms with van der Waals surface area (Å²) >= 11 is 1.67. The lowest BCUT2D eigenvalue weighted by Crippen LogP contribution is -2.00. The van der Waals surface area contributed by atoms with Crippen molar-refractivity contribution in [2.75, 3.05) is 0 Å². The van der Waals surface area contributed by atoms with Crippen LogP contribution in [0.25, 0.3) is 110 Å². The Hall–Kier alpha value is -7.21. The molecule has 0 N–H and O–H groups in total. The Morgan fingerprint density at radius 2 is 0.929 bits per heavy atom. The van der Waals surface area contributed by atoms with Gasteiger partial charge in [-0.3, -0.25) is 0 Å². The number of benzene rings is 8.